The molecule has 0 spiro atoms. The maximum atomic E-state index is 12.2. The Kier molecular flexibility index (Phi) is 4.81. The van der Waals surface area contributed by atoms with Crippen molar-refractivity contribution in [2.45, 2.75) is 45.1 Å². The molecular weight excluding hydrogens is 290 g/mol. The molecule has 1 aliphatic rings. The van der Waals surface area contributed by atoms with Crippen molar-refractivity contribution in [3.8, 4) is 0 Å². The van der Waals surface area contributed by atoms with Gasteiger partial charge in [0.2, 0.25) is 5.91 Å². The summed E-state index contributed by atoms with van der Waals surface area (Å²) in [7, 11) is 0. The Balaban J connectivity index is 1.90. The van der Waals surface area contributed by atoms with Gasteiger partial charge in [0.25, 0.3) is 0 Å². The fraction of sp³-hybridized carbons (Fsp3) is 0.533. The third-order valence-corrected chi connectivity index (χ3v) is 4.46. The minimum Gasteiger partial charge on any atom is -0.340 e. The Morgan fingerprint density at radius 2 is 2.17 bits per heavy atom. The summed E-state index contributed by atoms with van der Waals surface area (Å²) in [5.74, 6) is 0.304. The van der Waals surface area contributed by atoms with Crippen molar-refractivity contribution >= 4 is 21.8 Å². The van der Waals surface area contributed by atoms with Crippen molar-refractivity contribution in [2.24, 2.45) is 0 Å². The molecule has 98 valence electrons. The van der Waals surface area contributed by atoms with E-state index in [4.69, 9.17) is 0 Å². The zero-order chi connectivity index (χ0) is 13.0. The Labute approximate surface area is 117 Å². The summed E-state index contributed by atoms with van der Waals surface area (Å²) < 4.78 is 1.10. The van der Waals surface area contributed by atoms with Gasteiger partial charge in [-0.05, 0) is 44.2 Å². The number of amides is 1. The van der Waals surface area contributed by atoms with E-state index >= 15 is 0 Å². The topological polar surface area (TPSA) is 20.3 Å². The van der Waals surface area contributed by atoms with Crippen LogP contribution in [-0.4, -0.2) is 23.4 Å². The van der Waals surface area contributed by atoms with Crippen LogP contribution in [0.15, 0.2) is 28.7 Å². The number of benzene rings is 1. The summed E-state index contributed by atoms with van der Waals surface area (Å²) in [6.45, 7) is 3.10. The Morgan fingerprint density at radius 1 is 1.39 bits per heavy atom. The number of hydrogen-bond acceptors (Lipinski definition) is 1. The summed E-state index contributed by atoms with van der Waals surface area (Å²) in [5.41, 5.74) is 1.22. The number of rotatable bonds is 3. The SMILES string of the molecule is CC1CCCCN1C(=O)CCc1ccccc1Br. The van der Waals surface area contributed by atoms with Crippen molar-refractivity contribution in [1.29, 1.82) is 0 Å². The monoisotopic (exact) mass is 309 g/mol. The molecule has 2 nitrogen and oxygen atoms in total. The molecule has 0 aromatic heterocycles. The molecule has 18 heavy (non-hydrogen) atoms. The minimum absolute atomic E-state index is 0.304. The van der Waals surface area contributed by atoms with Crippen molar-refractivity contribution < 1.29 is 4.79 Å². The summed E-state index contributed by atoms with van der Waals surface area (Å²) in [6.07, 6.45) is 5.01. The smallest absolute Gasteiger partial charge is 0.223 e. The first-order valence-electron chi connectivity index (χ1n) is 6.71. The first-order valence-corrected chi connectivity index (χ1v) is 7.50. The van der Waals surface area contributed by atoms with Gasteiger partial charge in [-0.3, -0.25) is 4.79 Å². The number of aryl methyl sites for hydroxylation is 1. The van der Waals surface area contributed by atoms with Gasteiger partial charge in [0.1, 0.15) is 0 Å². The van der Waals surface area contributed by atoms with Gasteiger partial charge >= 0.3 is 0 Å². The highest BCUT2D eigenvalue weighted by Gasteiger charge is 2.22. The van der Waals surface area contributed by atoms with Crippen LogP contribution < -0.4 is 0 Å². The van der Waals surface area contributed by atoms with Gasteiger partial charge in [-0.1, -0.05) is 34.1 Å². The second-order valence-electron chi connectivity index (χ2n) is 5.02. The lowest BCUT2D eigenvalue weighted by Crippen LogP contribution is -2.42. The van der Waals surface area contributed by atoms with Gasteiger partial charge < -0.3 is 4.90 Å². The molecular formula is C15H20BrNO. The fourth-order valence-corrected chi connectivity index (χ4v) is 3.04. The van der Waals surface area contributed by atoms with Gasteiger partial charge in [-0.25, -0.2) is 0 Å². The van der Waals surface area contributed by atoms with E-state index in [1.54, 1.807) is 0 Å². The van der Waals surface area contributed by atoms with Crippen molar-refractivity contribution in [2.75, 3.05) is 6.54 Å². The number of carbonyl (C=O) groups is 1. The first kappa shape index (κ1) is 13.6. The molecule has 1 atom stereocenters. The largest absolute Gasteiger partial charge is 0.340 e. The van der Waals surface area contributed by atoms with Crippen LogP contribution in [0.1, 0.15) is 38.2 Å². The first-order chi connectivity index (χ1) is 8.68. The number of nitrogens with zero attached hydrogens (tertiary/aromatic N) is 1. The molecule has 3 heteroatoms. The standard InChI is InChI=1S/C15H20BrNO/c1-12-6-4-5-11-17(12)15(18)10-9-13-7-2-3-8-14(13)16/h2-3,7-8,12H,4-6,9-11H2,1H3. The summed E-state index contributed by atoms with van der Waals surface area (Å²) in [6, 6.07) is 8.56. The number of piperidine rings is 1. The van der Waals surface area contributed by atoms with E-state index in [9.17, 15) is 4.79 Å². The molecule has 1 aliphatic heterocycles. The Bertz CT molecular complexity index is 419. The number of carbonyl (C=O) groups excluding carboxylic acids is 1. The van der Waals surface area contributed by atoms with Gasteiger partial charge in [0.15, 0.2) is 0 Å². The van der Waals surface area contributed by atoms with Crippen LogP contribution in [-0.2, 0) is 11.2 Å². The normalized spacial score (nSPS) is 19.9. The molecule has 1 aromatic carbocycles. The van der Waals surface area contributed by atoms with E-state index in [-0.39, 0.29) is 0 Å². The van der Waals surface area contributed by atoms with Crippen LogP contribution in [0.4, 0.5) is 0 Å². The average Bonchev–Trinajstić information content (AvgIpc) is 2.38. The molecule has 0 N–H and O–H groups in total. The lowest BCUT2D eigenvalue weighted by molar-refractivity contribution is -0.134. The van der Waals surface area contributed by atoms with Crippen LogP contribution >= 0.6 is 15.9 Å². The predicted molar refractivity (Wildman–Crippen MR) is 77.5 cm³/mol. The fourth-order valence-electron chi connectivity index (χ4n) is 2.55. The Hall–Kier alpha value is -0.830. The molecule has 2 rings (SSSR count). The second kappa shape index (κ2) is 6.37. The minimum atomic E-state index is 0.304. The maximum Gasteiger partial charge on any atom is 0.223 e. The predicted octanol–water partition coefficient (Wildman–Crippen LogP) is 3.78. The third kappa shape index (κ3) is 3.35. The van der Waals surface area contributed by atoms with E-state index in [0.717, 1.165) is 30.3 Å². The highest BCUT2D eigenvalue weighted by molar-refractivity contribution is 9.10. The highest BCUT2D eigenvalue weighted by atomic mass is 79.9. The van der Waals surface area contributed by atoms with E-state index in [1.807, 2.05) is 18.2 Å². The molecule has 1 unspecified atom stereocenters. The van der Waals surface area contributed by atoms with Crippen LogP contribution in [0, 0.1) is 0 Å². The average molecular weight is 310 g/mol. The molecule has 0 saturated carbocycles. The lowest BCUT2D eigenvalue weighted by Gasteiger charge is -2.33. The molecule has 0 radical (unpaired) electrons. The van der Waals surface area contributed by atoms with Crippen LogP contribution in [0.25, 0.3) is 0 Å². The van der Waals surface area contributed by atoms with Crippen LogP contribution in [0.5, 0.6) is 0 Å². The zero-order valence-corrected chi connectivity index (χ0v) is 12.4. The molecule has 1 heterocycles. The van der Waals surface area contributed by atoms with Gasteiger partial charge in [-0.2, -0.15) is 0 Å². The third-order valence-electron chi connectivity index (χ3n) is 3.69. The highest BCUT2D eigenvalue weighted by Crippen LogP contribution is 2.20. The van der Waals surface area contributed by atoms with E-state index in [1.165, 1.54) is 12.0 Å². The summed E-state index contributed by atoms with van der Waals surface area (Å²) in [4.78, 5) is 14.3. The van der Waals surface area contributed by atoms with Gasteiger partial charge in [0, 0.05) is 23.5 Å². The molecule has 1 amide bonds. The molecule has 0 aliphatic carbocycles. The van der Waals surface area contributed by atoms with Crippen molar-refractivity contribution in [1.82, 2.24) is 4.90 Å². The van der Waals surface area contributed by atoms with E-state index in [2.05, 4.69) is 33.8 Å². The molecule has 1 aromatic rings. The van der Waals surface area contributed by atoms with Crippen LogP contribution in [0.2, 0.25) is 0 Å². The van der Waals surface area contributed by atoms with E-state index in [0.29, 0.717) is 18.4 Å². The Morgan fingerprint density at radius 3 is 2.89 bits per heavy atom. The van der Waals surface area contributed by atoms with Gasteiger partial charge in [0.05, 0.1) is 0 Å². The van der Waals surface area contributed by atoms with Crippen LogP contribution in [0.3, 0.4) is 0 Å². The van der Waals surface area contributed by atoms with Crippen molar-refractivity contribution in [3.05, 3.63) is 34.3 Å². The molecule has 1 saturated heterocycles. The van der Waals surface area contributed by atoms with E-state index < -0.39 is 0 Å². The zero-order valence-electron chi connectivity index (χ0n) is 10.9. The molecule has 1 fully saturated rings. The molecule has 0 bridgehead atoms. The summed E-state index contributed by atoms with van der Waals surface area (Å²) in [5, 5.41) is 0. The number of hydrogen-bond donors (Lipinski definition) is 0. The lowest BCUT2D eigenvalue weighted by atomic mass is 10.0. The van der Waals surface area contributed by atoms with Gasteiger partial charge in [-0.15, -0.1) is 0 Å². The second-order valence-corrected chi connectivity index (χ2v) is 5.88. The number of halogens is 1. The van der Waals surface area contributed by atoms with Crippen molar-refractivity contribution in [3.63, 3.8) is 0 Å². The number of likely N-dealkylation sites (tertiary alicyclic amines) is 1. The summed E-state index contributed by atoms with van der Waals surface area (Å²) >= 11 is 3.53. The maximum absolute atomic E-state index is 12.2. The quantitative estimate of drug-likeness (QED) is 0.832.